The van der Waals surface area contributed by atoms with Crippen LogP contribution in [-0.4, -0.2) is 36.9 Å². The normalized spacial score (nSPS) is 22.2. The fraction of sp³-hybridized carbons (Fsp3) is 0.429. The average molecular weight is 374 g/mol. The Balaban J connectivity index is 1.85. The van der Waals surface area contributed by atoms with Crippen molar-refractivity contribution in [3.05, 3.63) is 42.5 Å². The number of ether oxygens (including phenoxy) is 3. The first-order valence-corrected chi connectivity index (χ1v) is 8.92. The second-order valence-electron chi connectivity index (χ2n) is 6.85. The molecule has 6 heteroatoms. The van der Waals surface area contributed by atoms with E-state index < -0.39 is 11.4 Å². The minimum absolute atomic E-state index is 0.0362. The number of esters is 2. The van der Waals surface area contributed by atoms with Crippen LogP contribution in [0.4, 0.5) is 0 Å². The molecule has 0 unspecified atom stereocenters. The van der Waals surface area contributed by atoms with E-state index >= 15 is 0 Å². The minimum Gasteiger partial charge on any atom is -0.504 e. The Bertz CT molecular complexity index is 713. The Morgan fingerprint density at radius 3 is 2.67 bits per heavy atom. The van der Waals surface area contributed by atoms with E-state index in [1.54, 1.807) is 24.3 Å². The summed E-state index contributed by atoms with van der Waals surface area (Å²) in [6, 6.07) is 4.79. The molecule has 1 N–H and O–H groups in total. The average Bonchev–Trinajstić information content (AvgIpc) is 2.67. The van der Waals surface area contributed by atoms with E-state index in [2.05, 4.69) is 6.58 Å². The van der Waals surface area contributed by atoms with Crippen LogP contribution in [0.2, 0.25) is 0 Å². The smallest absolute Gasteiger partial charge is 0.331 e. The Hall–Kier alpha value is -2.76. The lowest BCUT2D eigenvalue weighted by molar-refractivity contribution is -0.158. The highest BCUT2D eigenvalue weighted by Crippen LogP contribution is 2.38. The molecule has 1 fully saturated rings. The second kappa shape index (κ2) is 9.26. The lowest BCUT2D eigenvalue weighted by Gasteiger charge is -2.34. The van der Waals surface area contributed by atoms with Crippen molar-refractivity contribution in [2.45, 2.75) is 38.7 Å². The van der Waals surface area contributed by atoms with Crippen LogP contribution in [0.15, 0.2) is 36.9 Å². The molecule has 0 aromatic heterocycles. The molecular formula is C21H26O6. The number of methoxy groups -OCH3 is 1. The van der Waals surface area contributed by atoms with Crippen LogP contribution in [0.1, 0.15) is 38.2 Å². The van der Waals surface area contributed by atoms with Crippen molar-refractivity contribution < 1.29 is 28.9 Å². The number of phenolic OH excluding ortho intramolecular Hbond substituents is 1. The van der Waals surface area contributed by atoms with Crippen LogP contribution in [0.25, 0.3) is 6.08 Å². The van der Waals surface area contributed by atoms with Gasteiger partial charge in [0, 0.05) is 6.08 Å². The summed E-state index contributed by atoms with van der Waals surface area (Å²) in [5.41, 5.74) is 0.174. The molecule has 0 radical (unpaired) electrons. The Morgan fingerprint density at radius 1 is 1.33 bits per heavy atom. The van der Waals surface area contributed by atoms with Crippen molar-refractivity contribution in [1.82, 2.24) is 0 Å². The lowest BCUT2D eigenvalue weighted by atomic mass is 9.74. The molecule has 1 aliphatic rings. The fourth-order valence-electron chi connectivity index (χ4n) is 3.02. The number of hydrogen-bond acceptors (Lipinski definition) is 6. The van der Waals surface area contributed by atoms with E-state index in [0.29, 0.717) is 37.0 Å². The molecule has 0 atom stereocenters. The first-order chi connectivity index (χ1) is 12.9. The van der Waals surface area contributed by atoms with Gasteiger partial charge in [-0.05, 0) is 56.4 Å². The van der Waals surface area contributed by atoms with Crippen molar-refractivity contribution in [2.75, 3.05) is 13.7 Å². The van der Waals surface area contributed by atoms with Gasteiger partial charge >= 0.3 is 11.9 Å². The molecule has 0 saturated heterocycles. The summed E-state index contributed by atoms with van der Waals surface area (Å²) in [6.45, 7) is 5.63. The molecule has 1 saturated carbocycles. The zero-order chi connectivity index (χ0) is 19.9. The van der Waals surface area contributed by atoms with Gasteiger partial charge in [0.2, 0.25) is 0 Å². The zero-order valence-electron chi connectivity index (χ0n) is 15.8. The van der Waals surface area contributed by atoms with Gasteiger partial charge in [0.05, 0.1) is 12.5 Å². The highest BCUT2D eigenvalue weighted by atomic mass is 16.5. The number of carbonyl (C=O) groups is 2. The molecule has 0 heterocycles. The molecule has 0 amide bonds. The maximum Gasteiger partial charge on any atom is 0.331 e. The van der Waals surface area contributed by atoms with Gasteiger partial charge in [-0.15, -0.1) is 0 Å². The summed E-state index contributed by atoms with van der Waals surface area (Å²) >= 11 is 0. The summed E-state index contributed by atoms with van der Waals surface area (Å²) < 4.78 is 15.7. The van der Waals surface area contributed by atoms with Crippen molar-refractivity contribution in [3.8, 4) is 11.5 Å². The van der Waals surface area contributed by atoms with Gasteiger partial charge in [0.1, 0.15) is 12.7 Å². The molecule has 146 valence electrons. The van der Waals surface area contributed by atoms with Crippen LogP contribution < -0.4 is 4.74 Å². The lowest BCUT2D eigenvalue weighted by Crippen LogP contribution is -2.37. The van der Waals surface area contributed by atoms with Gasteiger partial charge in [-0.2, -0.15) is 0 Å². The molecule has 0 spiro atoms. The molecule has 0 aliphatic heterocycles. The first-order valence-electron chi connectivity index (χ1n) is 8.92. The standard InChI is InChI=1S/C21H26O6/c1-4-13-26-20(24)21(2)11-9-16(10-12-21)27-19(23)8-6-15-5-7-17(22)18(14-15)25-3/h4-8,14,16,22H,1,9-13H2,2-3H3/b8-6+/t16-,21+. The van der Waals surface area contributed by atoms with E-state index in [4.69, 9.17) is 14.2 Å². The monoisotopic (exact) mass is 374 g/mol. The van der Waals surface area contributed by atoms with Crippen molar-refractivity contribution >= 4 is 18.0 Å². The number of hydrogen-bond donors (Lipinski definition) is 1. The molecule has 1 aromatic carbocycles. The van der Waals surface area contributed by atoms with E-state index in [1.165, 1.54) is 19.3 Å². The van der Waals surface area contributed by atoms with Crippen LogP contribution in [0, 0.1) is 5.41 Å². The van der Waals surface area contributed by atoms with E-state index in [-0.39, 0.29) is 24.4 Å². The van der Waals surface area contributed by atoms with E-state index in [0.717, 1.165) is 0 Å². The summed E-state index contributed by atoms with van der Waals surface area (Å²) in [5.74, 6) is -0.298. The van der Waals surface area contributed by atoms with Crippen molar-refractivity contribution in [2.24, 2.45) is 5.41 Å². The number of carbonyl (C=O) groups excluding carboxylic acids is 2. The largest absolute Gasteiger partial charge is 0.504 e. The molecule has 6 nitrogen and oxygen atoms in total. The van der Waals surface area contributed by atoms with Gasteiger partial charge in [-0.1, -0.05) is 18.7 Å². The highest BCUT2D eigenvalue weighted by Gasteiger charge is 2.39. The summed E-state index contributed by atoms with van der Waals surface area (Å²) in [5, 5.41) is 9.58. The summed E-state index contributed by atoms with van der Waals surface area (Å²) in [6.07, 6.45) is 6.74. The highest BCUT2D eigenvalue weighted by molar-refractivity contribution is 5.87. The topological polar surface area (TPSA) is 82.1 Å². The number of benzene rings is 1. The predicted molar refractivity (Wildman–Crippen MR) is 101 cm³/mol. The Morgan fingerprint density at radius 2 is 2.04 bits per heavy atom. The molecule has 27 heavy (non-hydrogen) atoms. The molecule has 1 aromatic rings. The van der Waals surface area contributed by atoms with Gasteiger partial charge in [-0.25, -0.2) is 4.79 Å². The maximum atomic E-state index is 12.1. The summed E-state index contributed by atoms with van der Waals surface area (Å²) in [4.78, 5) is 24.2. The molecular weight excluding hydrogens is 348 g/mol. The zero-order valence-corrected chi connectivity index (χ0v) is 15.8. The van der Waals surface area contributed by atoms with Crippen molar-refractivity contribution in [3.63, 3.8) is 0 Å². The predicted octanol–water partition coefficient (Wildman–Crippen LogP) is 3.64. The SMILES string of the molecule is C=CCOC(=O)[C@]1(C)CC[C@H](OC(=O)/C=C/c2ccc(O)c(OC)c2)CC1. The number of rotatable bonds is 7. The minimum atomic E-state index is -0.537. The van der Waals surface area contributed by atoms with Gasteiger partial charge in [-0.3, -0.25) is 4.79 Å². The molecule has 1 aliphatic carbocycles. The maximum absolute atomic E-state index is 12.1. The van der Waals surface area contributed by atoms with Gasteiger partial charge in [0.25, 0.3) is 0 Å². The van der Waals surface area contributed by atoms with E-state index in [9.17, 15) is 14.7 Å². The van der Waals surface area contributed by atoms with Crippen LogP contribution in [0.3, 0.4) is 0 Å². The molecule has 0 bridgehead atoms. The third-order valence-corrected chi connectivity index (χ3v) is 4.76. The number of aromatic hydroxyl groups is 1. The quantitative estimate of drug-likeness (QED) is 0.446. The fourth-order valence-corrected chi connectivity index (χ4v) is 3.02. The van der Waals surface area contributed by atoms with Crippen LogP contribution in [-0.2, 0) is 19.1 Å². The third-order valence-electron chi connectivity index (χ3n) is 4.76. The first kappa shape index (κ1) is 20.6. The van der Waals surface area contributed by atoms with Crippen LogP contribution in [0.5, 0.6) is 11.5 Å². The van der Waals surface area contributed by atoms with Gasteiger partial charge in [0.15, 0.2) is 11.5 Å². The van der Waals surface area contributed by atoms with Crippen LogP contribution >= 0.6 is 0 Å². The summed E-state index contributed by atoms with van der Waals surface area (Å²) in [7, 11) is 1.46. The Kier molecular flexibility index (Phi) is 7.05. The third kappa shape index (κ3) is 5.61. The second-order valence-corrected chi connectivity index (χ2v) is 6.85. The molecule has 2 rings (SSSR count). The van der Waals surface area contributed by atoms with Crippen molar-refractivity contribution in [1.29, 1.82) is 0 Å². The van der Waals surface area contributed by atoms with Gasteiger partial charge < -0.3 is 19.3 Å². The Labute approximate surface area is 159 Å². The number of phenols is 1. The van der Waals surface area contributed by atoms with E-state index in [1.807, 2.05) is 6.92 Å².